The molecule has 3 aromatic carbocycles. The molecule has 0 spiro atoms. The summed E-state index contributed by atoms with van der Waals surface area (Å²) in [6, 6.07) is 24.7. The molecular formula is C27H22FN3OS. The molecule has 2 heterocycles. The minimum Gasteiger partial charge on any atom is -0.361 e. The summed E-state index contributed by atoms with van der Waals surface area (Å²) in [7, 11) is 0. The van der Waals surface area contributed by atoms with Gasteiger partial charge in [-0.2, -0.15) is 0 Å². The Labute approximate surface area is 195 Å². The molecular weight excluding hydrogens is 433 g/mol. The Morgan fingerprint density at radius 2 is 1.85 bits per heavy atom. The summed E-state index contributed by atoms with van der Waals surface area (Å²) in [6.45, 7) is 0.478. The second kappa shape index (κ2) is 9.38. The van der Waals surface area contributed by atoms with Gasteiger partial charge in [-0.15, -0.1) is 11.3 Å². The molecule has 0 saturated heterocycles. The van der Waals surface area contributed by atoms with Crippen LogP contribution in [0.5, 0.6) is 0 Å². The molecule has 6 heteroatoms. The summed E-state index contributed by atoms with van der Waals surface area (Å²) in [6.07, 6.45) is 2.21. The predicted octanol–water partition coefficient (Wildman–Crippen LogP) is 5.92. The van der Waals surface area contributed by atoms with Crippen LogP contribution in [0.25, 0.3) is 21.5 Å². The van der Waals surface area contributed by atoms with Crippen LogP contribution in [-0.4, -0.2) is 22.4 Å². The van der Waals surface area contributed by atoms with E-state index in [0.717, 1.165) is 27.6 Å². The number of hydrogen-bond acceptors (Lipinski definition) is 3. The zero-order valence-corrected chi connectivity index (χ0v) is 18.6. The normalized spacial score (nSPS) is 12.0. The number of halogens is 1. The molecule has 5 rings (SSSR count). The first kappa shape index (κ1) is 21.1. The lowest BCUT2D eigenvalue weighted by atomic mass is 9.91. The highest BCUT2D eigenvalue weighted by Crippen LogP contribution is 2.30. The van der Waals surface area contributed by atoms with Crippen molar-refractivity contribution in [3.63, 3.8) is 0 Å². The maximum Gasteiger partial charge on any atom is 0.226 e. The summed E-state index contributed by atoms with van der Waals surface area (Å²) in [5, 5.41) is 6.81. The van der Waals surface area contributed by atoms with Crippen molar-refractivity contribution in [3.8, 4) is 10.6 Å². The molecule has 0 bridgehead atoms. The quantitative estimate of drug-likeness (QED) is 0.320. The highest BCUT2D eigenvalue weighted by atomic mass is 32.1. The Morgan fingerprint density at radius 1 is 1.03 bits per heavy atom. The number of hydrogen-bond donors (Lipinski definition) is 2. The number of thiazole rings is 1. The molecule has 1 amide bonds. The summed E-state index contributed by atoms with van der Waals surface area (Å²) in [5.74, 6) is -0.373. The van der Waals surface area contributed by atoms with Crippen LogP contribution in [0, 0.1) is 5.82 Å². The van der Waals surface area contributed by atoms with Gasteiger partial charge in [-0.3, -0.25) is 4.79 Å². The number of aromatic nitrogens is 2. The number of carbonyl (C=O) groups is 1. The largest absolute Gasteiger partial charge is 0.361 e. The minimum atomic E-state index is -0.300. The lowest BCUT2D eigenvalue weighted by molar-refractivity contribution is -0.120. The third kappa shape index (κ3) is 4.71. The van der Waals surface area contributed by atoms with Gasteiger partial charge in [0.05, 0.1) is 12.1 Å². The number of H-pyrrole nitrogens is 1. The number of amides is 1. The van der Waals surface area contributed by atoms with E-state index in [4.69, 9.17) is 0 Å². The molecule has 0 saturated carbocycles. The first-order chi connectivity index (χ1) is 16.2. The monoisotopic (exact) mass is 455 g/mol. The van der Waals surface area contributed by atoms with Crippen molar-refractivity contribution >= 4 is 28.1 Å². The van der Waals surface area contributed by atoms with Gasteiger partial charge in [0.15, 0.2) is 0 Å². The molecule has 33 heavy (non-hydrogen) atoms. The highest BCUT2D eigenvalue weighted by molar-refractivity contribution is 7.13. The van der Waals surface area contributed by atoms with Gasteiger partial charge in [-0.1, -0.05) is 60.7 Å². The Morgan fingerprint density at radius 3 is 2.70 bits per heavy atom. The molecule has 1 atom stereocenters. The van der Waals surface area contributed by atoms with Crippen LogP contribution in [0.2, 0.25) is 0 Å². The van der Waals surface area contributed by atoms with E-state index in [1.54, 1.807) is 6.07 Å². The number of nitrogens with one attached hydrogen (secondary N) is 2. The number of benzene rings is 3. The molecule has 0 fully saturated rings. The highest BCUT2D eigenvalue weighted by Gasteiger charge is 2.19. The second-order valence-electron chi connectivity index (χ2n) is 7.89. The average molecular weight is 456 g/mol. The first-order valence-electron chi connectivity index (χ1n) is 10.8. The number of carbonyl (C=O) groups excluding carboxylic acids is 1. The summed E-state index contributed by atoms with van der Waals surface area (Å²) < 4.78 is 13.5. The predicted molar refractivity (Wildman–Crippen MR) is 131 cm³/mol. The zero-order chi connectivity index (χ0) is 22.6. The van der Waals surface area contributed by atoms with Gasteiger partial charge in [-0.25, -0.2) is 9.37 Å². The SMILES string of the molecule is O=C(Cc1csc(-c2cccc(F)c2)n1)NC[C@@H](c1ccccc1)c1c[nH]c2ccccc12. The van der Waals surface area contributed by atoms with Crippen molar-refractivity contribution in [2.75, 3.05) is 6.54 Å². The summed E-state index contributed by atoms with van der Waals surface area (Å²) in [5.41, 5.74) is 4.77. The van der Waals surface area contributed by atoms with Gasteiger partial charge in [0.1, 0.15) is 10.8 Å². The van der Waals surface area contributed by atoms with Gasteiger partial charge in [-0.05, 0) is 29.3 Å². The van der Waals surface area contributed by atoms with E-state index in [0.29, 0.717) is 17.2 Å². The van der Waals surface area contributed by atoms with Crippen molar-refractivity contribution in [2.24, 2.45) is 0 Å². The third-order valence-electron chi connectivity index (χ3n) is 5.67. The average Bonchev–Trinajstić information content (AvgIpc) is 3.48. The topological polar surface area (TPSA) is 57.8 Å². The van der Waals surface area contributed by atoms with Gasteiger partial charge >= 0.3 is 0 Å². The van der Waals surface area contributed by atoms with Crippen molar-refractivity contribution in [1.82, 2.24) is 15.3 Å². The van der Waals surface area contributed by atoms with E-state index < -0.39 is 0 Å². The Hall–Kier alpha value is -3.77. The molecule has 2 N–H and O–H groups in total. The maximum absolute atomic E-state index is 13.5. The van der Waals surface area contributed by atoms with E-state index in [9.17, 15) is 9.18 Å². The molecule has 0 aliphatic heterocycles. The molecule has 5 aromatic rings. The number of aromatic amines is 1. The van der Waals surface area contributed by atoms with E-state index in [1.165, 1.54) is 23.5 Å². The lowest BCUT2D eigenvalue weighted by Crippen LogP contribution is -2.30. The minimum absolute atomic E-state index is 0.0181. The van der Waals surface area contributed by atoms with Crippen LogP contribution in [-0.2, 0) is 11.2 Å². The van der Waals surface area contributed by atoms with Crippen molar-refractivity contribution in [3.05, 3.63) is 113 Å². The zero-order valence-electron chi connectivity index (χ0n) is 17.8. The fourth-order valence-corrected chi connectivity index (χ4v) is 4.88. The van der Waals surface area contributed by atoms with E-state index in [-0.39, 0.29) is 24.1 Å². The van der Waals surface area contributed by atoms with Crippen molar-refractivity contribution < 1.29 is 9.18 Å². The maximum atomic E-state index is 13.5. The van der Waals surface area contributed by atoms with E-state index >= 15 is 0 Å². The lowest BCUT2D eigenvalue weighted by Gasteiger charge is -2.18. The van der Waals surface area contributed by atoms with E-state index in [2.05, 4.69) is 39.6 Å². The fourth-order valence-electron chi connectivity index (χ4n) is 4.06. The van der Waals surface area contributed by atoms with Crippen LogP contribution in [0.1, 0.15) is 22.7 Å². The molecule has 2 aromatic heterocycles. The van der Waals surface area contributed by atoms with Crippen molar-refractivity contribution in [1.29, 1.82) is 0 Å². The Balaban J connectivity index is 1.31. The molecule has 0 aliphatic carbocycles. The van der Waals surface area contributed by atoms with Gasteiger partial charge in [0.25, 0.3) is 0 Å². The fraction of sp³-hybridized carbons (Fsp3) is 0.111. The smallest absolute Gasteiger partial charge is 0.226 e. The molecule has 0 radical (unpaired) electrons. The molecule has 0 unspecified atom stereocenters. The molecule has 164 valence electrons. The first-order valence-corrected chi connectivity index (χ1v) is 11.6. The Bertz CT molecular complexity index is 1390. The van der Waals surface area contributed by atoms with Gasteiger partial charge < -0.3 is 10.3 Å². The van der Waals surface area contributed by atoms with Crippen LogP contribution in [0.4, 0.5) is 4.39 Å². The summed E-state index contributed by atoms with van der Waals surface area (Å²) in [4.78, 5) is 20.6. The number of para-hydroxylation sites is 1. The number of fused-ring (bicyclic) bond motifs is 1. The van der Waals surface area contributed by atoms with Crippen LogP contribution < -0.4 is 5.32 Å². The summed E-state index contributed by atoms with van der Waals surface area (Å²) >= 11 is 1.41. The number of nitrogens with zero attached hydrogens (tertiary/aromatic N) is 1. The van der Waals surface area contributed by atoms with Gasteiger partial charge in [0, 0.05) is 40.5 Å². The van der Waals surface area contributed by atoms with Crippen LogP contribution in [0.3, 0.4) is 0 Å². The molecule has 0 aliphatic rings. The van der Waals surface area contributed by atoms with Crippen molar-refractivity contribution in [2.45, 2.75) is 12.3 Å². The molecule has 4 nitrogen and oxygen atoms in total. The standard InChI is InChI=1S/C27H22FN3OS/c28-20-10-6-9-19(13-20)27-31-21(17-33-27)14-26(32)30-15-23(18-7-2-1-3-8-18)24-16-29-25-12-5-4-11-22(24)25/h1-13,16-17,23,29H,14-15H2,(H,30,32)/t23-/m0/s1. The Kier molecular flexibility index (Phi) is 6.00. The van der Waals surface area contributed by atoms with Gasteiger partial charge in [0.2, 0.25) is 5.91 Å². The third-order valence-corrected chi connectivity index (χ3v) is 6.61. The van der Waals surface area contributed by atoms with Crippen LogP contribution >= 0.6 is 11.3 Å². The second-order valence-corrected chi connectivity index (χ2v) is 8.75. The van der Waals surface area contributed by atoms with E-state index in [1.807, 2.05) is 48.0 Å². The number of rotatable bonds is 7. The van der Waals surface area contributed by atoms with Crippen LogP contribution in [0.15, 0.2) is 90.4 Å².